The van der Waals surface area contributed by atoms with Gasteiger partial charge < -0.3 is 20.7 Å². The number of carbonyl (C=O) groups is 1. The zero-order valence-electron chi connectivity index (χ0n) is 12.3. The van der Waals surface area contributed by atoms with Crippen molar-refractivity contribution in [2.24, 2.45) is 10.7 Å². The molecule has 0 saturated carbocycles. The third-order valence-corrected chi connectivity index (χ3v) is 3.36. The second-order valence-electron chi connectivity index (χ2n) is 4.92. The van der Waals surface area contributed by atoms with Crippen LogP contribution < -0.4 is 11.1 Å². The number of nitrogens with one attached hydrogen (secondary N) is 1. The third kappa shape index (κ3) is 4.66. The predicted molar refractivity (Wildman–Crippen MR) is 83.3 cm³/mol. The largest absolute Gasteiger partial charge is 0.450 e. The summed E-state index contributed by atoms with van der Waals surface area (Å²) in [5.41, 5.74) is 6.83. The number of likely N-dealkylation sites (tertiary alicyclic amines) is 1. The van der Waals surface area contributed by atoms with Gasteiger partial charge in [-0.3, -0.25) is 0 Å². The minimum atomic E-state index is -0.240. The Morgan fingerprint density at radius 3 is 2.67 bits per heavy atom. The number of aliphatic imine (C=N–C) groups is 1. The van der Waals surface area contributed by atoms with Crippen LogP contribution in [-0.4, -0.2) is 42.7 Å². The molecule has 0 radical (unpaired) electrons. The van der Waals surface area contributed by atoms with Crippen molar-refractivity contribution in [3.63, 3.8) is 0 Å². The van der Waals surface area contributed by atoms with Gasteiger partial charge in [-0.05, 0) is 31.9 Å². The van der Waals surface area contributed by atoms with E-state index in [9.17, 15) is 4.79 Å². The number of hydrogen-bond donors (Lipinski definition) is 2. The van der Waals surface area contributed by atoms with Crippen LogP contribution in [0.5, 0.6) is 0 Å². The van der Waals surface area contributed by atoms with E-state index in [1.54, 1.807) is 4.90 Å². The Hall–Kier alpha value is -2.24. The SMILES string of the molecule is CCOC(=O)N1CCC(N=C(N)Nc2ccccc2)CC1. The van der Waals surface area contributed by atoms with E-state index in [4.69, 9.17) is 10.5 Å². The molecule has 6 nitrogen and oxygen atoms in total. The number of para-hydroxylation sites is 1. The molecule has 3 N–H and O–H groups in total. The van der Waals surface area contributed by atoms with Gasteiger partial charge in [0.15, 0.2) is 5.96 Å². The van der Waals surface area contributed by atoms with Gasteiger partial charge in [0.25, 0.3) is 0 Å². The molecule has 1 fully saturated rings. The van der Waals surface area contributed by atoms with Crippen LogP contribution >= 0.6 is 0 Å². The molecule has 1 aliphatic rings. The molecule has 1 amide bonds. The molecule has 114 valence electrons. The molecule has 1 saturated heterocycles. The van der Waals surface area contributed by atoms with Crippen molar-refractivity contribution in [3.8, 4) is 0 Å². The number of hydrogen-bond acceptors (Lipinski definition) is 3. The first-order chi connectivity index (χ1) is 10.2. The summed E-state index contributed by atoms with van der Waals surface area (Å²) in [7, 11) is 0. The molecule has 0 aliphatic carbocycles. The Bertz CT molecular complexity index is 482. The molecular formula is C15H22N4O2. The van der Waals surface area contributed by atoms with E-state index in [-0.39, 0.29) is 12.1 Å². The van der Waals surface area contributed by atoms with Gasteiger partial charge in [0, 0.05) is 18.8 Å². The summed E-state index contributed by atoms with van der Waals surface area (Å²) in [6.45, 7) is 3.53. The Balaban J connectivity index is 1.82. The Kier molecular flexibility index (Phi) is 5.43. The fourth-order valence-electron chi connectivity index (χ4n) is 2.29. The molecule has 2 rings (SSSR count). The van der Waals surface area contributed by atoms with Gasteiger partial charge in [-0.25, -0.2) is 9.79 Å². The molecule has 1 heterocycles. The van der Waals surface area contributed by atoms with Crippen molar-refractivity contribution in [1.82, 2.24) is 4.90 Å². The molecule has 1 aromatic rings. The number of nitrogens with two attached hydrogens (primary N) is 1. The number of anilines is 1. The van der Waals surface area contributed by atoms with Crippen LogP contribution in [0.4, 0.5) is 10.5 Å². The fourth-order valence-corrected chi connectivity index (χ4v) is 2.29. The molecular weight excluding hydrogens is 268 g/mol. The summed E-state index contributed by atoms with van der Waals surface area (Å²) < 4.78 is 4.99. The highest BCUT2D eigenvalue weighted by atomic mass is 16.6. The Morgan fingerprint density at radius 2 is 2.05 bits per heavy atom. The smallest absolute Gasteiger partial charge is 0.409 e. The van der Waals surface area contributed by atoms with Gasteiger partial charge in [0.05, 0.1) is 12.6 Å². The summed E-state index contributed by atoms with van der Waals surface area (Å²) in [5, 5.41) is 3.07. The number of ether oxygens (including phenoxy) is 1. The lowest BCUT2D eigenvalue weighted by atomic mass is 10.1. The number of benzene rings is 1. The van der Waals surface area contributed by atoms with Gasteiger partial charge in [0.1, 0.15) is 0 Å². The first kappa shape index (κ1) is 15.2. The molecule has 0 spiro atoms. The third-order valence-electron chi connectivity index (χ3n) is 3.36. The highest BCUT2D eigenvalue weighted by Gasteiger charge is 2.23. The van der Waals surface area contributed by atoms with Crippen LogP contribution in [0.1, 0.15) is 19.8 Å². The Morgan fingerprint density at radius 1 is 1.38 bits per heavy atom. The summed E-state index contributed by atoms with van der Waals surface area (Å²) in [6, 6.07) is 9.84. The second-order valence-corrected chi connectivity index (χ2v) is 4.92. The highest BCUT2D eigenvalue weighted by molar-refractivity contribution is 5.92. The topological polar surface area (TPSA) is 80.0 Å². The van der Waals surface area contributed by atoms with Crippen LogP contribution in [0.2, 0.25) is 0 Å². The minimum absolute atomic E-state index is 0.145. The lowest BCUT2D eigenvalue weighted by Crippen LogP contribution is -2.40. The first-order valence-electron chi connectivity index (χ1n) is 7.26. The van der Waals surface area contributed by atoms with Gasteiger partial charge in [-0.15, -0.1) is 0 Å². The summed E-state index contributed by atoms with van der Waals surface area (Å²) in [4.78, 5) is 17.8. The van der Waals surface area contributed by atoms with Crippen LogP contribution in [0.15, 0.2) is 35.3 Å². The van der Waals surface area contributed by atoms with Crippen molar-refractivity contribution in [2.75, 3.05) is 25.0 Å². The van der Waals surface area contributed by atoms with E-state index in [0.717, 1.165) is 18.5 Å². The molecule has 1 aromatic carbocycles. The molecule has 1 aliphatic heterocycles. The second kappa shape index (κ2) is 7.52. The fraction of sp³-hybridized carbons (Fsp3) is 0.467. The lowest BCUT2D eigenvalue weighted by molar-refractivity contribution is 0.0975. The molecule has 0 unspecified atom stereocenters. The number of amides is 1. The van der Waals surface area contributed by atoms with Crippen molar-refractivity contribution >= 4 is 17.7 Å². The van der Waals surface area contributed by atoms with Crippen LogP contribution in [0.25, 0.3) is 0 Å². The van der Waals surface area contributed by atoms with Gasteiger partial charge in [-0.1, -0.05) is 18.2 Å². The van der Waals surface area contributed by atoms with E-state index in [1.165, 1.54) is 0 Å². The zero-order chi connectivity index (χ0) is 15.1. The monoisotopic (exact) mass is 290 g/mol. The standard InChI is InChI=1S/C15H22N4O2/c1-2-21-15(20)19-10-8-13(9-11-19)18-14(16)17-12-6-4-3-5-7-12/h3-7,13H,2,8-11H2,1H3,(H3,16,17,18). The van der Waals surface area contributed by atoms with Crippen molar-refractivity contribution < 1.29 is 9.53 Å². The average Bonchev–Trinajstić information content (AvgIpc) is 2.49. The van der Waals surface area contributed by atoms with E-state index < -0.39 is 0 Å². The number of guanidine groups is 1. The van der Waals surface area contributed by atoms with Crippen LogP contribution in [0.3, 0.4) is 0 Å². The molecule has 6 heteroatoms. The molecule has 0 atom stereocenters. The van der Waals surface area contributed by atoms with Crippen molar-refractivity contribution in [1.29, 1.82) is 0 Å². The van der Waals surface area contributed by atoms with Crippen molar-refractivity contribution in [3.05, 3.63) is 30.3 Å². The first-order valence-corrected chi connectivity index (χ1v) is 7.26. The molecule has 0 bridgehead atoms. The summed E-state index contributed by atoms with van der Waals surface area (Å²) in [5.74, 6) is 0.413. The lowest BCUT2D eigenvalue weighted by Gasteiger charge is -2.29. The van der Waals surface area contributed by atoms with Crippen LogP contribution in [-0.2, 0) is 4.74 Å². The number of rotatable bonds is 3. The van der Waals surface area contributed by atoms with Crippen molar-refractivity contribution in [2.45, 2.75) is 25.8 Å². The average molecular weight is 290 g/mol. The number of piperidine rings is 1. The molecule has 0 aromatic heterocycles. The van der Waals surface area contributed by atoms with Gasteiger partial charge >= 0.3 is 6.09 Å². The zero-order valence-corrected chi connectivity index (χ0v) is 12.3. The summed E-state index contributed by atoms with van der Waals surface area (Å²) >= 11 is 0. The van der Waals surface area contributed by atoms with E-state index in [0.29, 0.717) is 25.7 Å². The normalized spacial score (nSPS) is 16.6. The van der Waals surface area contributed by atoms with Gasteiger partial charge in [0.2, 0.25) is 0 Å². The predicted octanol–water partition coefficient (Wildman–Crippen LogP) is 2.03. The molecule has 21 heavy (non-hydrogen) atoms. The summed E-state index contributed by atoms with van der Waals surface area (Å²) in [6.07, 6.45) is 1.36. The quantitative estimate of drug-likeness (QED) is 0.659. The maximum absolute atomic E-state index is 11.6. The number of nitrogens with zero attached hydrogens (tertiary/aromatic N) is 2. The maximum Gasteiger partial charge on any atom is 0.409 e. The minimum Gasteiger partial charge on any atom is -0.450 e. The van der Waals surface area contributed by atoms with E-state index in [2.05, 4.69) is 10.3 Å². The van der Waals surface area contributed by atoms with Crippen LogP contribution in [0, 0.1) is 0 Å². The highest BCUT2D eigenvalue weighted by Crippen LogP contribution is 2.15. The van der Waals surface area contributed by atoms with E-state index >= 15 is 0 Å². The Labute approximate surface area is 125 Å². The number of carbonyl (C=O) groups excluding carboxylic acids is 1. The maximum atomic E-state index is 11.6. The van der Waals surface area contributed by atoms with E-state index in [1.807, 2.05) is 37.3 Å². The van der Waals surface area contributed by atoms with Gasteiger partial charge in [-0.2, -0.15) is 0 Å².